The highest BCUT2D eigenvalue weighted by molar-refractivity contribution is 5.78. The molecule has 0 amide bonds. The van der Waals surface area contributed by atoms with Gasteiger partial charge in [0, 0.05) is 31.0 Å². The Labute approximate surface area is 177 Å². The minimum atomic E-state index is -1.28. The summed E-state index contributed by atoms with van der Waals surface area (Å²) in [5, 5.41) is 9.96. The number of carboxylic acids is 1. The van der Waals surface area contributed by atoms with Crippen LogP contribution in [0.5, 0.6) is 17.2 Å². The Morgan fingerprint density at radius 3 is 2.07 bits per heavy atom. The molecule has 0 heterocycles. The van der Waals surface area contributed by atoms with E-state index >= 15 is 0 Å². The molecule has 0 aliphatic heterocycles. The molecule has 1 N–H and O–H groups in total. The first-order chi connectivity index (χ1) is 14.5. The Hall–Kier alpha value is -2.73. The number of aliphatic carboxylic acids is 1. The monoisotopic (exact) mass is 414 g/mol. The van der Waals surface area contributed by atoms with Crippen molar-refractivity contribution in [3.05, 3.63) is 54.1 Å². The summed E-state index contributed by atoms with van der Waals surface area (Å²) in [6.07, 6.45) is 2.04. The van der Waals surface area contributed by atoms with Crippen molar-refractivity contribution in [2.45, 2.75) is 57.8 Å². The second kappa shape index (κ2) is 10.3. The van der Waals surface area contributed by atoms with Crippen molar-refractivity contribution in [2.24, 2.45) is 0 Å². The predicted molar refractivity (Wildman–Crippen MR) is 113 cm³/mol. The number of carboxylic acid groups (broad SMARTS) is 1. The molecular formula is C24H30O6. The summed E-state index contributed by atoms with van der Waals surface area (Å²) in [6, 6.07) is 15.2. The lowest BCUT2D eigenvalue weighted by Crippen LogP contribution is -2.48. The lowest BCUT2D eigenvalue weighted by atomic mass is 9.83. The lowest BCUT2D eigenvalue weighted by Gasteiger charge is -2.37. The SMILES string of the molecule is CCOc1cc(OCC)cc(OC2(C(=O)O)CCC(OCc3ccccc3)CC2)c1. The van der Waals surface area contributed by atoms with Crippen LogP contribution >= 0.6 is 0 Å². The van der Waals surface area contributed by atoms with Gasteiger partial charge in [0.05, 0.1) is 25.9 Å². The molecule has 0 atom stereocenters. The number of hydrogen-bond acceptors (Lipinski definition) is 5. The van der Waals surface area contributed by atoms with Crippen molar-refractivity contribution in [1.82, 2.24) is 0 Å². The molecule has 1 aliphatic rings. The highest BCUT2D eigenvalue weighted by Gasteiger charge is 2.45. The Bertz CT molecular complexity index is 787. The van der Waals surface area contributed by atoms with Crippen LogP contribution in [0.1, 0.15) is 45.1 Å². The molecule has 0 unspecified atom stereocenters. The van der Waals surface area contributed by atoms with E-state index in [1.807, 2.05) is 44.2 Å². The molecule has 6 nitrogen and oxygen atoms in total. The molecule has 2 aromatic rings. The van der Waals surface area contributed by atoms with Gasteiger partial charge in [0.25, 0.3) is 0 Å². The zero-order valence-electron chi connectivity index (χ0n) is 17.6. The lowest BCUT2D eigenvalue weighted by molar-refractivity contribution is -0.161. The van der Waals surface area contributed by atoms with Crippen LogP contribution in [0.3, 0.4) is 0 Å². The van der Waals surface area contributed by atoms with Crippen molar-refractivity contribution in [3.63, 3.8) is 0 Å². The van der Waals surface area contributed by atoms with Crippen LogP contribution in [0.4, 0.5) is 0 Å². The van der Waals surface area contributed by atoms with Crippen LogP contribution in [-0.2, 0) is 16.1 Å². The summed E-state index contributed by atoms with van der Waals surface area (Å²) in [5.41, 5.74) is -0.166. The zero-order chi connectivity index (χ0) is 21.4. The predicted octanol–water partition coefficient (Wildman–Crippen LogP) is 4.85. The molecule has 0 radical (unpaired) electrons. The van der Waals surface area contributed by atoms with E-state index < -0.39 is 11.6 Å². The quantitative estimate of drug-likeness (QED) is 0.599. The van der Waals surface area contributed by atoms with Crippen molar-refractivity contribution >= 4 is 5.97 Å². The van der Waals surface area contributed by atoms with Gasteiger partial charge in [-0.1, -0.05) is 30.3 Å². The summed E-state index contributed by atoms with van der Waals surface area (Å²) in [7, 11) is 0. The van der Waals surface area contributed by atoms with Crippen LogP contribution in [0, 0.1) is 0 Å². The summed E-state index contributed by atoms with van der Waals surface area (Å²) in [5.74, 6) is 0.678. The summed E-state index contributed by atoms with van der Waals surface area (Å²) < 4.78 is 23.2. The highest BCUT2D eigenvalue weighted by Crippen LogP contribution is 2.37. The maximum Gasteiger partial charge on any atom is 0.348 e. The van der Waals surface area contributed by atoms with Crippen molar-refractivity contribution in [2.75, 3.05) is 13.2 Å². The minimum absolute atomic E-state index is 0.0232. The average molecular weight is 414 g/mol. The van der Waals surface area contributed by atoms with Crippen molar-refractivity contribution in [1.29, 1.82) is 0 Å². The fourth-order valence-corrected chi connectivity index (χ4v) is 3.70. The molecule has 6 heteroatoms. The Kier molecular flexibility index (Phi) is 7.57. The van der Waals surface area contributed by atoms with Crippen molar-refractivity contribution < 1.29 is 28.8 Å². The maximum atomic E-state index is 12.2. The number of benzene rings is 2. The molecule has 0 spiro atoms. The molecule has 1 fully saturated rings. The van der Waals surface area contributed by atoms with Gasteiger partial charge in [-0.15, -0.1) is 0 Å². The summed E-state index contributed by atoms with van der Waals surface area (Å²) in [4.78, 5) is 12.2. The molecule has 1 aliphatic carbocycles. The summed E-state index contributed by atoms with van der Waals surface area (Å²) >= 11 is 0. The largest absolute Gasteiger partial charge is 0.494 e. The van der Waals surface area contributed by atoms with Gasteiger partial charge in [0.2, 0.25) is 5.60 Å². The Morgan fingerprint density at radius 2 is 1.53 bits per heavy atom. The van der Waals surface area contributed by atoms with E-state index in [9.17, 15) is 9.90 Å². The van der Waals surface area contributed by atoms with Gasteiger partial charge in [-0.25, -0.2) is 4.79 Å². The molecule has 0 bridgehead atoms. The third-order valence-electron chi connectivity index (χ3n) is 5.25. The van der Waals surface area contributed by atoms with Crippen LogP contribution in [0.25, 0.3) is 0 Å². The zero-order valence-corrected chi connectivity index (χ0v) is 17.6. The molecular weight excluding hydrogens is 384 g/mol. The van der Waals surface area contributed by atoms with Crippen LogP contribution in [-0.4, -0.2) is 36.0 Å². The first-order valence-electron chi connectivity index (χ1n) is 10.5. The molecule has 30 heavy (non-hydrogen) atoms. The van der Waals surface area contributed by atoms with Crippen molar-refractivity contribution in [3.8, 4) is 17.2 Å². The fourth-order valence-electron chi connectivity index (χ4n) is 3.70. The van der Waals surface area contributed by atoms with Gasteiger partial charge < -0.3 is 24.1 Å². The van der Waals surface area contributed by atoms with E-state index in [0.717, 1.165) is 5.56 Å². The smallest absolute Gasteiger partial charge is 0.348 e. The van der Waals surface area contributed by atoms with Crippen LogP contribution in [0.2, 0.25) is 0 Å². The molecule has 162 valence electrons. The van der Waals surface area contributed by atoms with Gasteiger partial charge >= 0.3 is 5.97 Å². The van der Waals surface area contributed by atoms with E-state index in [1.54, 1.807) is 18.2 Å². The minimum Gasteiger partial charge on any atom is -0.494 e. The van der Waals surface area contributed by atoms with Gasteiger partial charge in [-0.2, -0.15) is 0 Å². The van der Waals surface area contributed by atoms with Gasteiger partial charge in [-0.3, -0.25) is 0 Å². The number of carbonyl (C=O) groups is 1. The number of rotatable bonds is 10. The normalized spacial score (nSPS) is 21.1. The van der Waals surface area contributed by atoms with Crippen LogP contribution in [0.15, 0.2) is 48.5 Å². The molecule has 2 aromatic carbocycles. The third kappa shape index (κ3) is 5.66. The molecule has 1 saturated carbocycles. The first-order valence-corrected chi connectivity index (χ1v) is 10.5. The second-order valence-corrected chi connectivity index (χ2v) is 7.40. The Morgan fingerprint density at radius 1 is 0.967 bits per heavy atom. The number of ether oxygens (including phenoxy) is 4. The molecule has 3 rings (SSSR count). The highest BCUT2D eigenvalue weighted by atomic mass is 16.5. The average Bonchev–Trinajstić information content (AvgIpc) is 2.74. The van der Waals surface area contributed by atoms with E-state index in [0.29, 0.717) is 62.8 Å². The summed E-state index contributed by atoms with van der Waals surface area (Å²) in [6.45, 7) is 5.31. The standard InChI is InChI=1S/C24H30O6/c1-3-27-20-14-21(28-4-2)16-22(15-20)30-24(23(25)26)12-10-19(11-13-24)29-17-18-8-6-5-7-9-18/h5-9,14-16,19H,3-4,10-13,17H2,1-2H3,(H,25,26). The first kappa shape index (κ1) is 22.0. The number of hydrogen-bond donors (Lipinski definition) is 1. The third-order valence-corrected chi connectivity index (χ3v) is 5.25. The van der Waals surface area contributed by atoms with Gasteiger partial charge in [0.1, 0.15) is 17.2 Å². The van der Waals surface area contributed by atoms with E-state index in [4.69, 9.17) is 18.9 Å². The van der Waals surface area contributed by atoms with Gasteiger partial charge in [-0.05, 0) is 32.3 Å². The topological polar surface area (TPSA) is 74.2 Å². The van der Waals surface area contributed by atoms with E-state index in [2.05, 4.69) is 0 Å². The maximum absolute atomic E-state index is 12.2. The van der Waals surface area contributed by atoms with E-state index in [-0.39, 0.29) is 6.10 Å². The van der Waals surface area contributed by atoms with Gasteiger partial charge in [0.15, 0.2) is 0 Å². The fraction of sp³-hybridized carbons (Fsp3) is 0.458. The molecule has 0 aromatic heterocycles. The second-order valence-electron chi connectivity index (χ2n) is 7.40. The Balaban J connectivity index is 1.67. The molecule has 0 saturated heterocycles. The van der Waals surface area contributed by atoms with E-state index in [1.165, 1.54) is 0 Å². The van der Waals surface area contributed by atoms with Crippen LogP contribution < -0.4 is 14.2 Å².